The van der Waals surface area contributed by atoms with Crippen molar-refractivity contribution in [2.24, 2.45) is 5.73 Å². The van der Waals surface area contributed by atoms with Crippen LogP contribution in [0.2, 0.25) is 0 Å². The average molecular weight is 215 g/mol. The SMILES string of the molecule is CCC(C)(CN)NC(=O)N1CCOCC1. The van der Waals surface area contributed by atoms with Gasteiger partial charge in [-0.25, -0.2) is 4.79 Å². The van der Waals surface area contributed by atoms with Crippen LogP contribution in [0.25, 0.3) is 0 Å². The molecule has 0 bridgehead atoms. The molecule has 5 heteroatoms. The van der Waals surface area contributed by atoms with Crippen LogP contribution in [-0.4, -0.2) is 49.3 Å². The van der Waals surface area contributed by atoms with Crippen molar-refractivity contribution in [3.63, 3.8) is 0 Å². The van der Waals surface area contributed by atoms with Gasteiger partial charge < -0.3 is 20.7 Å². The summed E-state index contributed by atoms with van der Waals surface area (Å²) in [6, 6.07) is -0.0342. The third-order valence-electron chi connectivity index (χ3n) is 2.94. The Morgan fingerprint density at radius 2 is 2.13 bits per heavy atom. The molecule has 0 saturated carbocycles. The van der Waals surface area contributed by atoms with Crippen molar-refractivity contribution in [1.29, 1.82) is 0 Å². The van der Waals surface area contributed by atoms with Gasteiger partial charge >= 0.3 is 6.03 Å². The van der Waals surface area contributed by atoms with Crippen molar-refractivity contribution in [2.75, 3.05) is 32.8 Å². The molecule has 5 nitrogen and oxygen atoms in total. The summed E-state index contributed by atoms with van der Waals surface area (Å²) in [6.07, 6.45) is 0.833. The highest BCUT2D eigenvalue weighted by atomic mass is 16.5. The second-order valence-electron chi connectivity index (χ2n) is 4.15. The zero-order chi connectivity index (χ0) is 11.3. The number of morpholine rings is 1. The van der Waals surface area contributed by atoms with E-state index in [9.17, 15) is 4.79 Å². The predicted octanol–water partition coefficient (Wildman–Crippen LogP) is 0.156. The van der Waals surface area contributed by atoms with Crippen molar-refractivity contribution in [2.45, 2.75) is 25.8 Å². The average Bonchev–Trinajstić information content (AvgIpc) is 2.30. The fourth-order valence-electron chi connectivity index (χ4n) is 1.39. The molecule has 1 unspecified atom stereocenters. The molecule has 3 N–H and O–H groups in total. The second-order valence-corrected chi connectivity index (χ2v) is 4.15. The number of nitrogens with one attached hydrogen (secondary N) is 1. The van der Waals surface area contributed by atoms with E-state index in [0.29, 0.717) is 32.8 Å². The lowest BCUT2D eigenvalue weighted by Crippen LogP contribution is -2.56. The van der Waals surface area contributed by atoms with Crippen molar-refractivity contribution in [3.05, 3.63) is 0 Å². The molecule has 1 atom stereocenters. The summed E-state index contributed by atoms with van der Waals surface area (Å²) >= 11 is 0. The van der Waals surface area contributed by atoms with Gasteiger partial charge in [0.05, 0.1) is 18.8 Å². The lowest BCUT2D eigenvalue weighted by Gasteiger charge is -2.33. The Balaban J connectivity index is 2.46. The van der Waals surface area contributed by atoms with Crippen LogP contribution in [0.5, 0.6) is 0 Å². The third kappa shape index (κ3) is 3.35. The Bertz CT molecular complexity index is 211. The maximum absolute atomic E-state index is 11.8. The van der Waals surface area contributed by atoms with E-state index in [2.05, 4.69) is 5.32 Å². The molecule has 88 valence electrons. The number of urea groups is 1. The number of nitrogens with zero attached hydrogens (tertiary/aromatic N) is 1. The van der Waals surface area contributed by atoms with Gasteiger partial charge in [0.1, 0.15) is 0 Å². The van der Waals surface area contributed by atoms with Crippen LogP contribution in [0, 0.1) is 0 Å². The third-order valence-corrected chi connectivity index (χ3v) is 2.94. The lowest BCUT2D eigenvalue weighted by atomic mass is 10.00. The molecule has 0 aliphatic carbocycles. The van der Waals surface area contributed by atoms with E-state index < -0.39 is 0 Å². The number of ether oxygens (including phenoxy) is 1. The summed E-state index contributed by atoms with van der Waals surface area (Å²) in [4.78, 5) is 13.6. The first-order valence-corrected chi connectivity index (χ1v) is 5.46. The number of hydrogen-bond donors (Lipinski definition) is 2. The molecule has 1 aliphatic heterocycles. The first-order chi connectivity index (χ1) is 7.11. The normalized spacial score (nSPS) is 20.9. The Labute approximate surface area is 90.9 Å². The zero-order valence-corrected chi connectivity index (χ0v) is 9.58. The quantitative estimate of drug-likeness (QED) is 0.704. The number of amides is 2. The smallest absolute Gasteiger partial charge is 0.318 e. The molecule has 0 aromatic heterocycles. The van der Waals surface area contributed by atoms with Gasteiger partial charge in [0.2, 0.25) is 0 Å². The first-order valence-electron chi connectivity index (χ1n) is 5.46. The molecule has 1 aliphatic rings. The van der Waals surface area contributed by atoms with E-state index in [1.807, 2.05) is 13.8 Å². The molecular formula is C10H21N3O2. The molecule has 0 radical (unpaired) electrons. The van der Waals surface area contributed by atoms with E-state index in [4.69, 9.17) is 10.5 Å². The van der Waals surface area contributed by atoms with Gasteiger partial charge in [0.25, 0.3) is 0 Å². The Hall–Kier alpha value is -0.810. The minimum absolute atomic E-state index is 0.0342. The summed E-state index contributed by atoms with van der Waals surface area (Å²) in [5, 5.41) is 2.97. The Morgan fingerprint density at radius 1 is 1.53 bits per heavy atom. The van der Waals surface area contributed by atoms with Crippen LogP contribution >= 0.6 is 0 Å². The van der Waals surface area contributed by atoms with Crippen LogP contribution in [-0.2, 0) is 4.74 Å². The van der Waals surface area contributed by atoms with E-state index in [1.54, 1.807) is 4.90 Å². The summed E-state index contributed by atoms with van der Waals surface area (Å²) in [5.41, 5.74) is 5.34. The van der Waals surface area contributed by atoms with Crippen molar-refractivity contribution >= 4 is 6.03 Å². The maximum Gasteiger partial charge on any atom is 0.318 e. The van der Waals surface area contributed by atoms with Crippen LogP contribution in [0.3, 0.4) is 0 Å². The Morgan fingerprint density at radius 3 is 2.60 bits per heavy atom. The summed E-state index contributed by atoms with van der Waals surface area (Å²) in [7, 11) is 0. The number of nitrogens with two attached hydrogens (primary N) is 1. The second kappa shape index (κ2) is 5.32. The number of carbonyl (C=O) groups is 1. The van der Waals surface area contributed by atoms with Crippen LogP contribution in [0.1, 0.15) is 20.3 Å². The number of rotatable bonds is 3. The van der Waals surface area contributed by atoms with Crippen molar-refractivity contribution in [1.82, 2.24) is 10.2 Å². The molecule has 1 rings (SSSR count). The van der Waals surface area contributed by atoms with Crippen LogP contribution in [0.15, 0.2) is 0 Å². The van der Waals surface area contributed by atoms with E-state index in [0.717, 1.165) is 6.42 Å². The highest BCUT2D eigenvalue weighted by molar-refractivity contribution is 5.75. The minimum Gasteiger partial charge on any atom is -0.378 e. The monoisotopic (exact) mass is 215 g/mol. The minimum atomic E-state index is -0.296. The molecule has 0 aromatic carbocycles. The number of hydrogen-bond acceptors (Lipinski definition) is 3. The molecule has 0 aromatic rings. The van der Waals surface area contributed by atoms with Gasteiger partial charge in [-0.1, -0.05) is 6.92 Å². The lowest BCUT2D eigenvalue weighted by molar-refractivity contribution is 0.0512. The van der Waals surface area contributed by atoms with Crippen molar-refractivity contribution < 1.29 is 9.53 Å². The van der Waals surface area contributed by atoms with E-state index in [1.165, 1.54) is 0 Å². The summed E-state index contributed by atoms with van der Waals surface area (Å²) < 4.78 is 5.19. The molecule has 1 heterocycles. The largest absolute Gasteiger partial charge is 0.378 e. The topological polar surface area (TPSA) is 67.6 Å². The Kier molecular flexibility index (Phi) is 4.35. The molecule has 15 heavy (non-hydrogen) atoms. The van der Waals surface area contributed by atoms with Crippen LogP contribution in [0.4, 0.5) is 4.79 Å². The molecule has 2 amide bonds. The molecular weight excluding hydrogens is 194 g/mol. The summed E-state index contributed by atoms with van der Waals surface area (Å²) in [6.45, 7) is 7.02. The fraction of sp³-hybridized carbons (Fsp3) is 0.900. The first kappa shape index (κ1) is 12.3. The van der Waals surface area contributed by atoms with Gasteiger partial charge in [-0.15, -0.1) is 0 Å². The molecule has 1 saturated heterocycles. The van der Waals surface area contributed by atoms with Gasteiger partial charge in [-0.2, -0.15) is 0 Å². The van der Waals surface area contributed by atoms with Gasteiger partial charge in [0.15, 0.2) is 0 Å². The molecule has 0 spiro atoms. The van der Waals surface area contributed by atoms with E-state index in [-0.39, 0.29) is 11.6 Å². The number of carbonyl (C=O) groups excluding carboxylic acids is 1. The van der Waals surface area contributed by atoms with Crippen LogP contribution < -0.4 is 11.1 Å². The highest BCUT2D eigenvalue weighted by Gasteiger charge is 2.26. The fourth-order valence-corrected chi connectivity index (χ4v) is 1.39. The zero-order valence-electron chi connectivity index (χ0n) is 9.58. The summed E-state index contributed by atoms with van der Waals surface area (Å²) in [5.74, 6) is 0. The maximum atomic E-state index is 11.8. The molecule has 1 fully saturated rings. The van der Waals surface area contributed by atoms with Gasteiger partial charge in [0, 0.05) is 19.6 Å². The standard InChI is InChI=1S/C10H21N3O2/c1-3-10(2,8-11)12-9(14)13-4-6-15-7-5-13/h3-8,11H2,1-2H3,(H,12,14). The van der Waals surface area contributed by atoms with E-state index >= 15 is 0 Å². The van der Waals surface area contributed by atoms with Gasteiger partial charge in [-0.05, 0) is 13.3 Å². The van der Waals surface area contributed by atoms with Crippen molar-refractivity contribution in [3.8, 4) is 0 Å². The van der Waals surface area contributed by atoms with Gasteiger partial charge in [-0.3, -0.25) is 0 Å². The highest BCUT2D eigenvalue weighted by Crippen LogP contribution is 2.08. The predicted molar refractivity (Wildman–Crippen MR) is 58.7 cm³/mol.